The number of ether oxygens (including phenoxy) is 2. The highest BCUT2D eigenvalue weighted by molar-refractivity contribution is 5.89. The Morgan fingerprint density at radius 3 is 2.28 bits per heavy atom. The Morgan fingerprint density at radius 2 is 1.52 bits per heavy atom. The molecule has 3 aromatic carbocycles. The van der Waals surface area contributed by atoms with Gasteiger partial charge in [-0.3, -0.25) is 9.59 Å². The van der Waals surface area contributed by atoms with Gasteiger partial charge in [0.25, 0.3) is 0 Å². The Kier molecular flexibility index (Phi) is 5.09. The number of rotatable bonds is 5. The van der Waals surface area contributed by atoms with E-state index in [2.05, 4.69) is 4.74 Å². The lowest BCUT2D eigenvalue weighted by molar-refractivity contribution is -0.139. The number of esters is 2. The average molecular weight is 334 g/mol. The lowest BCUT2D eigenvalue weighted by Crippen LogP contribution is -2.11. The fourth-order valence-electron chi connectivity index (χ4n) is 2.68. The SMILES string of the molecule is COC(=O)Cc1ccc(OC(=O)Cc2cccc3ccccc23)cc1. The van der Waals surface area contributed by atoms with E-state index in [9.17, 15) is 9.59 Å². The molecule has 0 aromatic heterocycles. The predicted octanol–water partition coefficient (Wildman–Crippen LogP) is 3.70. The fraction of sp³-hybridized carbons (Fsp3) is 0.143. The standard InChI is InChI=1S/C21H18O4/c1-24-20(22)13-15-9-11-18(12-10-15)25-21(23)14-17-7-4-6-16-5-2-3-8-19(16)17/h2-12H,13-14H2,1H3. The third-order valence-electron chi connectivity index (χ3n) is 3.95. The largest absolute Gasteiger partial charge is 0.469 e. The van der Waals surface area contributed by atoms with Crippen LogP contribution in [-0.2, 0) is 27.2 Å². The minimum atomic E-state index is -0.322. The Labute approximate surface area is 146 Å². The van der Waals surface area contributed by atoms with E-state index in [4.69, 9.17) is 4.74 Å². The predicted molar refractivity (Wildman–Crippen MR) is 95.4 cm³/mol. The zero-order chi connectivity index (χ0) is 17.6. The van der Waals surface area contributed by atoms with E-state index in [0.29, 0.717) is 5.75 Å². The maximum atomic E-state index is 12.2. The summed E-state index contributed by atoms with van der Waals surface area (Å²) >= 11 is 0. The van der Waals surface area contributed by atoms with Crippen LogP contribution in [0, 0.1) is 0 Å². The Hall–Kier alpha value is -3.14. The first-order valence-electron chi connectivity index (χ1n) is 7.99. The quantitative estimate of drug-likeness (QED) is 0.527. The highest BCUT2D eigenvalue weighted by Crippen LogP contribution is 2.20. The number of hydrogen-bond acceptors (Lipinski definition) is 4. The molecule has 0 unspecified atom stereocenters. The molecule has 0 amide bonds. The van der Waals surface area contributed by atoms with Gasteiger partial charge in [-0.1, -0.05) is 54.6 Å². The number of fused-ring (bicyclic) bond motifs is 1. The summed E-state index contributed by atoms with van der Waals surface area (Å²) in [5, 5.41) is 2.15. The van der Waals surface area contributed by atoms with Gasteiger partial charge in [0.1, 0.15) is 5.75 Å². The normalized spacial score (nSPS) is 10.4. The van der Waals surface area contributed by atoms with Crippen LogP contribution in [0.15, 0.2) is 66.7 Å². The molecule has 0 saturated carbocycles. The molecule has 0 aliphatic rings. The monoisotopic (exact) mass is 334 g/mol. The van der Waals surface area contributed by atoms with Crippen LogP contribution in [0.3, 0.4) is 0 Å². The summed E-state index contributed by atoms with van der Waals surface area (Å²) in [6, 6.07) is 20.7. The molecule has 0 aliphatic carbocycles. The molecular weight excluding hydrogens is 316 g/mol. The molecule has 0 aliphatic heterocycles. The van der Waals surface area contributed by atoms with E-state index in [1.807, 2.05) is 42.5 Å². The van der Waals surface area contributed by atoms with Crippen LogP contribution < -0.4 is 4.74 Å². The number of carbonyl (C=O) groups excluding carboxylic acids is 2. The zero-order valence-corrected chi connectivity index (χ0v) is 13.9. The zero-order valence-electron chi connectivity index (χ0n) is 13.9. The van der Waals surface area contributed by atoms with Crippen molar-refractivity contribution in [2.45, 2.75) is 12.8 Å². The molecule has 4 nitrogen and oxygen atoms in total. The second-order valence-corrected chi connectivity index (χ2v) is 5.69. The van der Waals surface area contributed by atoms with Gasteiger partial charge in [-0.2, -0.15) is 0 Å². The Morgan fingerprint density at radius 1 is 0.800 bits per heavy atom. The second kappa shape index (κ2) is 7.62. The van der Waals surface area contributed by atoms with E-state index in [1.165, 1.54) is 7.11 Å². The first kappa shape index (κ1) is 16.7. The Bertz CT molecular complexity index is 892. The van der Waals surface area contributed by atoms with Crippen LogP contribution in [0.1, 0.15) is 11.1 Å². The van der Waals surface area contributed by atoms with Gasteiger partial charge in [-0.15, -0.1) is 0 Å². The van der Waals surface area contributed by atoms with E-state index >= 15 is 0 Å². The second-order valence-electron chi connectivity index (χ2n) is 5.69. The smallest absolute Gasteiger partial charge is 0.315 e. The third-order valence-corrected chi connectivity index (χ3v) is 3.95. The van der Waals surface area contributed by atoms with E-state index in [1.54, 1.807) is 24.3 Å². The molecule has 3 aromatic rings. The highest BCUT2D eigenvalue weighted by Gasteiger charge is 2.10. The lowest BCUT2D eigenvalue weighted by Gasteiger charge is -2.08. The number of methoxy groups -OCH3 is 1. The molecule has 4 heteroatoms. The molecular formula is C21H18O4. The minimum absolute atomic E-state index is 0.195. The average Bonchev–Trinajstić information content (AvgIpc) is 2.63. The summed E-state index contributed by atoms with van der Waals surface area (Å²) in [5.41, 5.74) is 1.74. The van der Waals surface area contributed by atoms with Crippen molar-refractivity contribution in [1.29, 1.82) is 0 Å². The van der Waals surface area contributed by atoms with Crippen molar-refractivity contribution in [1.82, 2.24) is 0 Å². The maximum absolute atomic E-state index is 12.2. The molecule has 3 rings (SSSR count). The number of hydrogen-bond donors (Lipinski definition) is 0. The molecule has 0 bridgehead atoms. The van der Waals surface area contributed by atoms with Gasteiger partial charge < -0.3 is 9.47 Å². The van der Waals surface area contributed by atoms with Crippen LogP contribution in [0.2, 0.25) is 0 Å². The maximum Gasteiger partial charge on any atom is 0.315 e. The highest BCUT2D eigenvalue weighted by atomic mass is 16.5. The van der Waals surface area contributed by atoms with Crippen LogP contribution in [0.5, 0.6) is 5.75 Å². The number of benzene rings is 3. The van der Waals surface area contributed by atoms with Crippen molar-refractivity contribution in [2.24, 2.45) is 0 Å². The van der Waals surface area contributed by atoms with E-state index in [0.717, 1.165) is 21.9 Å². The van der Waals surface area contributed by atoms with E-state index in [-0.39, 0.29) is 24.8 Å². The van der Waals surface area contributed by atoms with Crippen molar-refractivity contribution in [3.8, 4) is 5.75 Å². The van der Waals surface area contributed by atoms with Gasteiger partial charge in [0.2, 0.25) is 0 Å². The molecule has 0 atom stereocenters. The third kappa shape index (κ3) is 4.23. The topological polar surface area (TPSA) is 52.6 Å². The molecule has 0 saturated heterocycles. The van der Waals surface area contributed by atoms with Crippen molar-refractivity contribution >= 4 is 22.7 Å². The first-order chi connectivity index (χ1) is 12.2. The minimum Gasteiger partial charge on any atom is -0.469 e. The Balaban J connectivity index is 1.67. The van der Waals surface area contributed by atoms with Gasteiger partial charge in [0.15, 0.2) is 0 Å². The molecule has 0 heterocycles. The summed E-state index contributed by atoms with van der Waals surface area (Å²) in [6.45, 7) is 0. The molecule has 0 radical (unpaired) electrons. The molecule has 126 valence electrons. The van der Waals surface area contributed by atoms with Gasteiger partial charge in [-0.05, 0) is 34.0 Å². The molecule has 0 spiro atoms. The van der Waals surface area contributed by atoms with E-state index < -0.39 is 0 Å². The number of carbonyl (C=O) groups is 2. The van der Waals surface area contributed by atoms with Crippen LogP contribution in [0.25, 0.3) is 10.8 Å². The molecule has 25 heavy (non-hydrogen) atoms. The van der Waals surface area contributed by atoms with Crippen molar-refractivity contribution < 1.29 is 19.1 Å². The first-order valence-corrected chi connectivity index (χ1v) is 7.99. The summed E-state index contributed by atoms with van der Waals surface area (Å²) in [4.78, 5) is 23.5. The van der Waals surface area contributed by atoms with Gasteiger partial charge in [0, 0.05) is 0 Å². The van der Waals surface area contributed by atoms with Crippen molar-refractivity contribution in [3.05, 3.63) is 77.9 Å². The van der Waals surface area contributed by atoms with Gasteiger partial charge in [-0.25, -0.2) is 0 Å². The van der Waals surface area contributed by atoms with Gasteiger partial charge >= 0.3 is 11.9 Å². The molecule has 0 fully saturated rings. The summed E-state index contributed by atoms with van der Waals surface area (Å²) in [5.74, 6) is -0.170. The summed E-state index contributed by atoms with van der Waals surface area (Å²) in [7, 11) is 1.35. The van der Waals surface area contributed by atoms with Crippen LogP contribution in [0.4, 0.5) is 0 Å². The van der Waals surface area contributed by atoms with Crippen molar-refractivity contribution in [3.63, 3.8) is 0 Å². The fourth-order valence-corrected chi connectivity index (χ4v) is 2.68. The summed E-state index contributed by atoms with van der Waals surface area (Å²) < 4.78 is 10.0. The van der Waals surface area contributed by atoms with Crippen LogP contribution in [-0.4, -0.2) is 19.0 Å². The van der Waals surface area contributed by atoms with Crippen molar-refractivity contribution in [2.75, 3.05) is 7.11 Å². The lowest BCUT2D eigenvalue weighted by atomic mass is 10.0. The van der Waals surface area contributed by atoms with Crippen LogP contribution >= 0.6 is 0 Å². The summed E-state index contributed by atoms with van der Waals surface area (Å²) in [6.07, 6.45) is 0.395. The molecule has 0 N–H and O–H groups in total. The van der Waals surface area contributed by atoms with Gasteiger partial charge in [0.05, 0.1) is 20.0 Å².